The van der Waals surface area contributed by atoms with Crippen LogP contribution in [0.3, 0.4) is 0 Å². The molecular weight excluding hydrogens is 316 g/mol. The molecule has 0 aliphatic carbocycles. The van der Waals surface area contributed by atoms with Gasteiger partial charge in [0.15, 0.2) is 0 Å². The summed E-state index contributed by atoms with van der Waals surface area (Å²) in [5.74, 6) is 0. The molecule has 0 bridgehead atoms. The number of rotatable bonds is 2. The number of halogens is 2. The summed E-state index contributed by atoms with van der Waals surface area (Å²) in [6.07, 6.45) is 0. The summed E-state index contributed by atoms with van der Waals surface area (Å²) < 4.78 is 0. The van der Waals surface area contributed by atoms with Gasteiger partial charge in [0.2, 0.25) is 0 Å². The van der Waals surface area contributed by atoms with E-state index in [-0.39, 0.29) is 41.6 Å². The quantitative estimate of drug-likeness (QED) is 0.513. The maximum absolute atomic E-state index is 4.51. The van der Waals surface area contributed by atoms with E-state index in [0.717, 1.165) is 22.8 Å². The SMILES string of the molecule is CN=C(C)c1cc(C)cc(C(C)=NC)n1.[Cl-].[Cl-].[Co+2]. The zero-order chi connectivity index (χ0) is 11.4. The van der Waals surface area contributed by atoms with E-state index >= 15 is 0 Å². The zero-order valence-electron chi connectivity index (χ0n) is 11.1. The molecule has 18 heavy (non-hydrogen) atoms. The minimum absolute atomic E-state index is 0. The molecule has 6 heteroatoms. The number of aryl methyl sites for hydroxylation is 1. The van der Waals surface area contributed by atoms with Gasteiger partial charge in [-0.25, -0.2) is 4.98 Å². The Morgan fingerprint density at radius 1 is 0.944 bits per heavy atom. The molecule has 0 spiro atoms. The summed E-state index contributed by atoms with van der Waals surface area (Å²) in [7, 11) is 3.56. The second-order valence-electron chi connectivity index (χ2n) is 3.53. The van der Waals surface area contributed by atoms with Crippen molar-refractivity contribution in [3.8, 4) is 0 Å². The van der Waals surface area contributed by atoms with E-state index in [2.05, 4.69) is 21.9 Å². The van der Waals surface area contributed by atoms with Gasteiger partial charge in [0.05, 0.1) is 22.8 Å². The van der Waals surface area contributed by atoms with Crippen molar-refractivity contribution in [3.63, 3.8) is 0 Å². The zero-order valence-corrected chi connectivity index (χ0v) is 13.6. The number of aliphatic imine (C=N–C) groups is 2. The number of hydrogen-bond donors (Lipinski definition) is 0. The summed E-state index contributed by atoms with van der Waals surface area (Å²) in [4.78, 5) is 12.8. The fraction of sp³-hybridized carbons (Fsp3) is 0.417. The maximum atomic E-state index is 4.51. The maximum Gasteiger partial charge on any atom is 2.00 e. The minimum atomic E-state index is 0. The molecule has 1 radical (unpaired) electrons. The Hall–Kier alpha value is -0.424. The second-order valence-corrected chi connectivity index (χ2v) is 3.53. The van der Waals surface area contributed by atoms with Crippen molar-refractivity contribution >= 4 is 11.4 Å². The topological polar surface area (TPSA) is 37.6 Å². The molecule has 0 aromatic carbocycles. The van der Waals surface area contributed by atoms with Gasteiger partial charge >= 0.3 is 16.8 Å². The van der Waals surface area contributed by atoms with Crippen molar-refractivity contribution < 1.29 is 41.6 Å². The molecule has 0 aliphatic rings. The van der Waals surface area contributed by atoms with Gasteiger partial charge in [-0.05, 0) is 38.5 Å². The molecule has 1 aromatic heterocycles. The van der Waals surface area contributed by atoms with Crippen LogP contribution in [0.4, 0.5) is 0 Å². The number of pyridine rings is 1. The molecule has 1 rings (SSSR count). The van der Waals surface area contributed by atoms with Gasteiger partial charge < -0.3 is 24.8 Å². The van der Waals surface area contributed by atoms with Crippen LogP contribution in [0.5, 0.6) is 0 Å². The van der Waals surface area contributed by atoms with Gasteiger partial charge in [-0.2, -0.15) is 0 Å². The average Bonchev–Trinajstić information content (AvgIpc) is 2.26. The predicted molar refractivity (Wildman–Crippen MR) is 65.2 cm³/mol. The van der Waals surface area contributed by atoms with Crippen LogP contribution in [0.25, 0.3) is 0 Å². The second kappa shape index (κ2) is 10.5. The molecule has 1 heterocycles. The van der Waals surface area contributed by atoms with Crippen LogP contribution in [0.1, 0.15) is 30.8 Å². The van der Waals surface area contributed by atoms with Gasteiger partial charge in [-0.15, -0.1) is 0 Å². The van der Waals surface area contributed by atoms with Gasteiger partial charge in [0.25, 0.3) is 0 Å². The summed E-state index contributed by atoms with van der Waals surface area (Å²) in [5.41, 5.74) is 4.93. The Bertz CT molecular complexity index is 395. The van der Waals surface area contributed by atoms with Crippen LogP contribution >= 0.6 is 0 Å². The molecule has 0 saturated carbocycles. The molecule has 0 unspecified atom stereocenters. The summed E-state index contributed by atoms with van der Waals surface area (Å²) in [6, 6.07) is 4.07. The smallest absolute Gasteiger partial charge is 1.00 e. The Balaban J connectivity index is -0.000000750. The van der Waals surface area contributed by atoms with E-state index in [1.165, 1.54) is 5.56 Å². The van der Waals surface area contributed by atoms with Crippen LogP contribution in [-0.4, -0.2) is 30.5 Å². The van der Waals surface area contributed by atoms with Crippen molar-refractivity contribution in [2.24, 2.45) is 9.98 Å². The molecule has 1 aromatic rings. The Labute approximate surface area is 132 Å². The monoisotopic (exact) mass is 332 g/mol. The number of nitrogens with zero attached hydrogens (tertiary/aromatic N) is 3. The van der Waals surface area contributed by atoms with Crippen molar-refractivity contribution in [3.05, 3.63) is 29.1 Å². The fourth-order valence-corrected chi connectivity index (χ4v) is 1.27. The third-order valence-electron chi connectivity index (χ3n) is 2.38. The molecular formula is C12H17Cl2CoN3. The van der Waals surface area contributed by atoms with Crippen LogP contribution in [0, 0.1) is 6.92 Å². The molecule has 0 fully saturated rings. The third kappa shape index (κ3) is 5.95. The Morgan fingerprint density at radius 2 is 1.28 bits per heavy atom. The van der Waals surface area contributed by atoms with E-state index in [1.807, 2.05) is 26.0 Å². The first-order valence-electron chi connectivity index (χ1n) is 4.94. The largest absolute Gasteiger partial charge is 2.00 e. The van der Waals surface area contributed by atoms with Gasteiger partial charge in [0, 0.05) is 14.1 Å². The summed E-state index contributed by atoms with van der Waals surface area (Å²) in [5, 5.41) is 0. The number of aromatic nitrogens is 1. The van der Waals surface area contributed by atoms with Crippen molar-refractivity contribution in [2.75, 3.05) is 14.1 Å². The molecule has 103 valence electrons. The predicted octanol–water partition coefficient (Wildman–Crippen LogP) is -3.73. The molecule has 3 nitrogen and oxygen atoms in total. The molecule has 0 amide bonds. The Morgan fingerprint density at radius 3 is 1.56 bits per heavy atom. The van der Waals surface area contributed by atoms with E-state index in [1.54, 1.807) is 14.1 Å². The minimum Gasteiger partial charge on any atom is -1.00 e. The van der Waals surface area contributed by atoms with E-state index in [9.17, 15) is 0 Å². The molecule has 0 saturated heterocycles. The number of hydrogen-bond acceptors (Lipinski definition) is 3. The first-order chi connectivity index (χ1) is 7.08. The van der Waals surface area contributed by atoms with Crippen LogP contribution in [0.15, 0.2) is 22.1 Å². The summed E-state index contributed by atoms with van der Waals surface area (Å²) in [6.45, 7) is 5.98. The van der Waals surface area contributed by atoms with Gasteiger partial charge in [-0.3, -0.25) is 9.98 Å². The summed E-state index contributed by atoms with van der Waals surface area (Å²) >= 11 is 0. The normalized spacial score (nSPS) is 10.9. The van der Waals surface area contributed by atoms with E-state index in [4.69, 9.17) is 0 Å². The third-order valence-corrected chi connectivity index (χ3v) is 2.38. The first kappa shape index (κ1) is 22.7. The molecule has 0 atom stereocenters. The van der Waals surface area contributed by atoms with Crippen LogP contribution < -0.4 is 24.8 Å². The van der Waals surface area contributed by atoms with E-state index in [0.29, 0.717) is 0 Å². The van der Waals surface area contributed by atoms with E-state index < -0.39 is 0 Å². The fourth-order valence-electron chi connectivity index (χ4n) is 1.27. The van der Waals surface area contributed by atoms with Gasteiger partial charge in [0.1, 0.15) is 0 Å². The molecule has 0 aliphatic heterocycles. The van der Waals surface area contributed by atoms with Gasteiger partial charge in [-0.1, -0.05) is 0 Å². The average molecular weight is 333 g/mol. The van der Waals surface area contributed by atoms with Crippen LogP contribution in [0.2, 0.25) is 0 Å². The van der Waals surface area contributed by atoms with Crippen molar-refractivity contribution in [1.29, 1.82) is 0 Å². The standard InChI is InChI=1S/C12H17N3.2ClH.Co/c1-8-6-11(9(2)13-4)15-12(7-8)10(3)14-5;;;/h6-7H,1-5H3;2*1H;/q;;;+2/p-2. The van der Waals surface area contributed by atoms with Crippen molar-refractivity contribution in [2.45, 2.75) is 20.8 Å². The molecule has 0 N–H and O–H groups in total. The van der Waals surface area contributed by atoms with Crippen LogP contribution in [-0.2, 0) is 16.8 Å². The first-order valence-corrected chi connectivity index (χ1v) is 4.94. The van der Waals surface area contributed by atoms with Crippen molar-refractivity contribution in [1.82, 2.24) is 4.98 Å². The Kier molecular flexibility index (Phi) is 13.3.